The standard InChI is InChI=1S/C10H13BrN4/c11-8-4-9(12)14-10(13-8)15-5-6-1-2-7(15)3-6/h4,6-7H,1-3,5H2,(H2,12,13,14). The van der Waals surface area contributed by atoms with Gasteiger partial charge in [-0.2, -0.15) is 4.98 Å². The Morgan fingerprint density at radius 2 is 2.27 bits per heavy atom. The van der Waals surface area contributed by atoms with E-state index in [-0.39, 0.29) is 0 Å². The number of nitrogen functional groups attached to an aromatic ring is 1. The summed E-state index contributed by atoms with van der Waals surface area (Å²) in [5.74, 6) is 2.17. The third-order valence-corrected chi connectivity index (χ3v) is 3.78. The second kappa shape index (κ2) is 3.33. The predicted octanol–water partition coefficient (Wildman–Crippen LogP) is 1.81. The van der Waals surface area contributed by atoms with Crippen LogP contribution in [0.15, 0.2) is 10.7 Å². The van der Waals surface area contributed by atoms with Gasteiger partial charge in [-0.25, -0.2) is 4.98 Å². The van der Waals surface area contributed by atoms with Crippen LogP contribution in [0.1, 0.15) is 19.3 Å². The second-order valence-electron chi connectivity index (χ2n) is 4.40. The molecule has 1 aromatic rings. The van der Waals surface area contributed by atoms with E-state index in [9.17, 15) is 0 Å². The summed E-state index contributed by atoms with van der Waals surface area (Å²) in [6.45, 7) is 1.10. The van der Waals surface area contributed by atoms with Gasteiger partial charge in [-0.3, -0.25) is 0 Å². The number of hydrogen-bond acceptors (Lipinski definition) is 4. The molecule has 80 valence electrons. The van der Waals surface area contributed by atoms with E-state index in [2.05, 4.69) is 30.8 Å². The summed E-state index contributed by atoms with van der Waals surface area (Å²) in [4.78, 5) is 11.0. The Morgan fingerprint density at radius 1 is 1.40 bits per heavy atom. The third-order valence-electron chi connectivity index (χ3n) is 3.37. The summed E-state index contributed by atoms with van der Waals surface area (Å²) in [6.07, 6.45) is 3.95. The van der Waals surface area contributed by atoms with Gasteiger partial charge in [0.2, 0.25) is 5.95 Å². The minimum absolute atomic E-state index is 0.537. The second-order valence-corrected chi connectivity index (χ2v) is 5.21. The molecule has 2 heterocycles. The van der Waals surface area contributed by atoms with Gasteiger partial charge in [0.15, 0.2) is 0 Å². The van der Waals surface area contributed by atoms with Crippen molar-refractivity contribution in [1.82, 2.24) is 9.97 Å². The van der Waals surface area contributed by atoms with E-state index in [0.29, 0.717) is 11.9 Å². The van der Waals surface area contributed by atoms with E-state index < -0.39 is 0 Å². The largest absolute Gasteiger partial charge is 0.383 e. The fourth-order valence-electron chi connectivity index (χ4n) is 2.72. The van der Waals surface area contributed by atoms with Crippen LogP contribution in [0.5, 0.6) is 0 Å². The first kappa shape index (κ1) is 9.39. The van der Waals surface area contributed by atoms with Gasteiger partial charge < -0.3 is 10.6 Å². The van der Waals surface area contributed by atoms with Crippen LogP contribution >= 0.6 is 15.9 Å². The molecule has 1 aromatic heterocycles. The molecule has 2 aliphatic rings. The summed E-state index contributed by atoms with van der Waals surface area (Å²) in [7, 11) is 0. The molecule has 0 radical (unpaired) electrons. The van der Waals surface area contributed by atoms with Crippen molar-refractivity contribution in [3.05, 3.63) is 10.7 Å². The van der Waals surface area contributed by atoms with Gasteiger partial charge >= 0.3 is 0 Å². The monoisotopic (exact) mass is 268 g/mol. The van der Waals surface area contributed by atoms with Gasteiger partial charge in [0.1, 0.15) is 10.4 Å². The molecular formula is C10H13BrN4. The van der Waals surface area contributed by atoms with Crippen molar-refractivity contribution in [2.75, 3.05) is 17.2 Å². The maximum Gasteiger partial charge on any atom is 0.228 e. The zero-order valence-corrected chi connectivity index (χ0v) is 9.94. The fourth-order valence-corrected chi connectivity index (χ4v) is 3.11. The van der Waals surface area contributed by atoms with E-state index in [1.165, 1.54) is 19.3 Å². The Kier molecular flexibility index (Phi) is 2.09. The van der Waals surface area contributed by atoms with Gasteiger partial charge in [-0.15, -0.1) is 0 Å². The molecule has 0 spiro atoms. The molecule has 4 nitrogen and oxygen atoms in total. The van der Waals surface area contributed by atoms with E-state index >= 15 is 0 Å². The van der Waals surface area contributed by atoms with Crippen LogP contribution in [0.4, 0.5) is 11.8 Å². The zero-order valence-electron chi connectivity index (χ0n) is 8.36. The number of nitrogens with two attached hydrogens (primary N) is 1. The van der Waals surface area contributed by atoms with Crippen LogP contribution in [0.2, 0.25) is 0 Å². The van der Waals surface area contributed by atoms with Crippen LogP contribution < -0.4 is 10.6 Å². The van der Waals surface area contributed by atoms with E-state index in [4.69, 9.17) is 5.73 Å². The van der Waals surface area contributed by atoms with Crippen molar-refractivity contribution >= 4 is 27.7 Å². The van der Waals surface area contributed by atoms with E-state index in [0.717, 1.165) is 23.0 Å². The van der Waals surface area contributed by atoms with Crippen molar-refractivity contribution in [2.45, 2.75) is 25.3 Å². The number of anilines is 2. The first-order valence-electron chi connectivity index (χ1n) is 5.29. The summed E-state index contributed by atoms with van der Waals surface area (Å²) < 4.78 is 0.771. The van der Waals surface area contributed by atoms with Gasteiger partial charge in [0.25, 0.3) is 0 Å². The summed E-state index contributed by atoms with van der Waals surface area (Å²) in [6, 6.07) is 2.38. The lowest BCUT2D eigenvalue weighted by Crippen LogP contribution is -2.33. The predicted molar refractivity (Wildman–Crippen MR) is 62.6 cm³/mol. The molecule has 0 amide bonds. The molecule has 3 rings (SSSR count). The van der Waals surface area contributed by atoms with Crippen molar-refractivity contribution < 1.29 is 0 Å². The molecule has 0 aromatic carbocycles. The molecule has 2 unspecified atom stereocenters. The molecule has 2 atom stereocenters. The SMILES string of the molecule is Nc1cc(Br)nc(N2CC3CCC2C3)n1. The molecule has 2 fully saturated rings. The van der Waals surface area contributed by atoms with Crippen LogP contribution in [-0.4, -0.2) is 22.6 Å². The van der Waals surface area contributed by atoms with Crippen LogP contribution in [-0.2, 0) is 0 Å². The van der Waals surface area contributed by atoms with E-state index in [1.54, 1.807) is 6.07 Å². The first-order chi connectivity index (χ1) is 7.22. The highest BCUT2D eigenvalue weighted by Crippen LogP contribution is 2.39. The van der Waals surface area contributed by atoms with Crippen molar-refractivity contribution in [2.24, 2.45) is 5.92 Å². The highest BCUT2D eigenvalue weighted by atomic mass is 79.9. The van der Waals surface area contributed by atoms with Gasteiger partial charge in [0, 0.05) is 18.7 Å². The lowest BCUT2D eigenvalue weighted by Gasteiger charge is -2.26. The summed E-state index contributed by atoms with van der Waals surface area (Å²) in [5, 5.41) is 0. The maximum absolute atomic E-state index is 5.72. The average Bonchev–Trinajstić information content (AvgIpc) is 2.76. The molecule has 2 N–H and O–H groups in total. The fraction of sp³-hybridized carbons (Fsp3) is 0.600. The Hall–Kier alpha value is -0.840. The van der Waals surface area contributed by atoms with Crippen molar-refractivity contribution in [1.29, 1.82) is 0 Å². The van der Waals surface area contributed by atoms with E-state index in [1.807, 2.05) is 0 Å². The number of piperidine rings is 1. The number of aromatic nitrogens is 2. The zero-order chi connectivity index (χ0) is 10.4. The lowest BCUT2D eigenvalue weighted by atomic mass is 10.1. The molecule has 1 aliphatic heterocycles. The first-order valence-corrected chi connectivity index (χ1v) is 6.08. The van der Waals surface area contributed by atoms with Crippen molar-refractivity contribution in [3.63, 3.8) is 0 Å². The van der Waals surface area contributed by atoms with Gasteiger partial charge in [0.05, 0.1) is 0 Å². The molecule has 2 bridgehead atoms. The van der Waals surface area contributed by atoms with Gasteiger partial charge in [-0.05, 0) is 41.1 Å². The topological polar surface area (TPSA) is 55.0 Å². The molecule has 5 heteroatoms. The molecule has 15 heavy (non-hydrogen) atoms. The summed E-state index contributed by atoms with van der Waals surface area (Å²) >= 11 is 3.36. The number of hydrogen-bond donors (Lipinski definition) is 1. The van der Waals surface area contributed by atoms with Crippen molar-refractivity contribution in [3.8, 4) is 0 Å². The molecule has 1 saturated carbocycles. The van der Waals surface area contributed by atoms with Crippen LogP contribution in [0, 0.1) is 5.92 Å². The smallest absolute Gasteiger partial charge is 0.228 e. The number of nitrogens with zero attached hydrogens (tertiary/aromatic N) is 3. The molecule has 1 saturated heterocycles. The molecular weight excluding hydrogens is 256 g/mol. The lowest BCUT2D eigenvalue weighted by molar-refractivity contribution is 0.546. The summed E-state index contributed by atoms with van der Waals surface area (Å²) in [5.41, 5.74) is 5.72. The van der Waals surface area contributed by atoms with Gasteiger partial charge in [-0.1, -0.05) is 0 Å². The molecule has 1 aliphatic carbocycles. The average molecular weight is 269 g/mol. The third kappa shape index (κ3) is 1.58. The van der Waals surface area contributed by atoms with Crippen LogP contribution in [0.3, 0.4) is 0 Å². The Morgan fingerprint density at radius 3 is 2.87 bits per heavy atom. The minimum atomic E-state index is 0.537. The Balaban J connectivity index is 1.93. The maximum atomic E-state index is 5.72. The highest BCUT2D eigenvalue weighted by Gasteiger charge is 2.39. The number of halogens is 1. The Labute approximate surface area is 97.0 Å². The Bertz CT molecular complexity index is 375. The number of rotatable bonds is 1. The quantitative estimate of drug-likeness (QED) is 0.790. The highest BCUT2D eigenvalue weighted by molar-refractivity contribution is 9.10. The number of fused-ring (bicyclic) bond motifs is 2. The minimum Gasteiger partial charge on any atom is -0.383 e. The van der Waals surface area contributed by atoms with Crippen LogP contribution in [0.25, 0.3) is 0 Å². The normalized spacial score (nSPS) is 28.7.